The Morgan fingerprint density at radius 3 is 2.75 bits per heavy atom. The van der Waals surface area contributed by atoms with Crippen LogP contribution in [0, 0.1) is 0 Å². The molecule has 1 N–H and O–H groups in total. The van der Waals surface area contributed by atoms with Crippen molar-refractivity contribution in [2.24, 2.45) is 0 Å². The molecule has 2 aromatic carbocycles. The highest BCUT2D eigenvalue weighted by Crippen LogP contribution is 2.41. The molecule has 0 bridgehead atoms. The molecule has 0 saturated carbocycles. The van der Waals surface area contributed by atoms with Crippen LogP contribution in [0.3, 0.4) is 0 Å². The van der Waals surface area contributed by atoms with Crippen LogP contribution >= 0.6 is 11.6 Å². The number of amides is 1. The SMILES string of the molecule is COc1ccc2c(c1)[C@@H](NC(=O)c1ccccc1Cl)CC(C)(C)O2. The minimum absolute atomic E-state index is 0.178. The number of hydrogen-bond acceptors (Lipinski definition) is 3. The number of rotatable bonds is 3. The number of methoxy groups -OCH3 is 1. The van der Waals surface area contributed by atoms with Crippen LogP contribution in [-0.4, -0.2) is 18.6 Å². The molecule has 5 heteroatoms. The highest BCUT2D eigenvalue weighted by Gasteiger charge is 2.35. The van der Waals surface area contributed by atoms with Gasteiger partial charge in [-0.15, -0.1) is 0 Å². The zero-order chi connectivity index (χ0) is 17.3. The van der Waals surface area contributed by atoms with Crippen molar-refractivity contribution in [1.29, 1.82) is 0 Å². The second kappa shape index (κ2) is 6.36. The van der Waals surface area contributed by atoms with Gasteiger partial charge in [-0.2, -0.15) is 0 Å². The van der Waals surface area contributed by atoms with Gasteiger partial charge in [-0.3, -0.25) is 4.79 Å². The van der Waals surface area contributed by atoms with Crippen LogP contribution in [-0.2, 0) is 0 Å². The second-order valence-corrected chi connectivity index (χ2v) is 6.88. The molecule has 1 aliphatic rings. The van der Waals surface area contributed by atoms with E-state index in [-0.39, 0.29) is 17.6 Å². The van der Waals surface area contributed by atoms with Crippen molar-refractivity contribution in [3.63, 3.8) is 0 Å². The predicted molar refractivity (Wildman–Crippen MR) is 94.0 cm³/mol. The molecule has 0 saturated heterocycles. The first-order valence-electron chi connectivity index (χ1n) is 7.82. The van der Waals surface area contributed by atoms with Gasteiger partial charge in [0, 0.05) is 12.0 Å². The van der Waals surface area contributed by atoms with Crippen molar-refractivity contribution in [2.75, 3.05) is 7.11 Å². The molecule has 0 spiro atoms. The first-order valence-corrected chi connectivity index (χ1v) is 8.20. The summed E-state index contributed by atoms with van der Waals surface area (Å²) >= 11 is 6.14. The number of nitrogens with one attached hydrogen (secondary N) is 1. The Hall–Kier alpha value is -2.20. The lowest BCUT2D eigenvalue weighted by Gasteiger charge is -2.38. The van der Waals surface area contributed by atoms with E-state index in [2.05, 4.69) is 5.32 Å². The largest absolute Gasteiger partial charge is 0.497 e. The quantitative estimate of drug-likeness (QED) is 0.898. The minimum Gasteiger partial charge on any atom is -0.497 e. The van der Waals surface area contributed by atoms with Crippen molar-refractivity contribution in [3.05, 3.63) is 58.6 Å². The van der Waals surface area contributed by atoms with Gasteiger partial charge >= 0.3 is 0 Å². The van der Waals surface area contributed by atoms with Crippen molar-refractivity contribution >= 4 is 17.5 Å². The molecule has 3 rings (SSSR count). The molecule has 126 valence electrons. The smallest absolute Gasteiger partial charge is 0.253 e. The summed E-state index contributed by atoms with van der Waals surface area (Å²) in [6, 6.07) is 12.5. The second-order valence-electron chi connectivity index (χ2n) is 6.48. The molecule has 4 nitrogen and oxygen atoms in total. The molecule has 0 aromatic heterocycles. The van der Waals surface area contributed by atoms with E-state index < -0.39 is 0 Å². The first kappa shape index (κ1) is 16.7. The van der Waals surface area contributed by atoms with Crippen molar-refractivity contribution in [3.8, 4) is 11.5 Å². The number of carbonyl (C=O) groups excluding carboxylic acids is 1. The van der Waals surface area contributed by atoms with Gasteiger partial charge < -0.3 is 14.8 Å². The van der Waals surface area contributed by atoms with Gasteiger partial charge in [-0.05, 0) is 44.2 Å². The van der Waals surface area contributed by atoms with E-state index in [1.54, 1.807) is 31.4 Å². The summed E-state index contributed by atoms with van der Waals surface area (Å²) in [7, 11) is 1.62. The number of ether oxygens (including phenoxy) is 2. The van der Waals surface area contributed by atoms with E-state index in [0.717, 1.165) is 17.1 Å². The van der Waals surface area contributed by atoms with E-state index in [1.165, 1.54) is 0 Å². The fourth-order valence-corrected chi connectivity index (χ4v) is 3.19. The highest BCUT2D eigenvalue weighted by atomic mass is 35.5. The average Bonchev–Trinajstić information content (AvgIpc) is 2.54. The van der Waals surface area contributed by atoms with Crippen molar-refractivity contribution in [2.45, 2.75) is 31.9 Å². The topological polar surface area (TPSA) is 47.6 Å². The predicted octanol–water partition coefficient (Wildman–Crippen LogP) is 4.38. The van der Waals surface area contributed by atoms with E-state index in [4.69, 9.17) is 21.1 Å². The lowest BCUT2D eigenvalue weighted by Crippen LogP contribution is -2.41. The number of carbonyl (C=O) groups is 1. The van der Waals surface area contributed by atoms with Gasteiger partial charge in [-0.1, -0.05) is 23.7 Å². The Morgan fingerprint density at radius 1 is 1.29 bits per heavy atom. The molecular weight excluding hydrogens is 326 g/mol. The summed E-state index contributed by atoms with van der Waals surface area (Å²) in [5.41, 5.74) is 1.00. The summed E-state index contributed by atoms with van der Waals surface area (Å²) in [6.45, 7) is 4.02. The third-order valence-electron chi connectivity index (χ3n) is 4.10. The first-order chi connectivity index (χ1) is 11.4. The maximum absolute atomic E-state index is 12.6. The Kier molecular flexibility index (Phi) is 4.41. The third kappa shape index (κ3) is 3.34. The van der Waals surface area contributed by atoms with Gasteiger partial charge in [0.2, 0.25) is 0 Å². The zero-order valence-electron chi connectivity index (χ0n) is 13.9. The molecule has 1 aliphatic heterocycles. The van der Waals surface area contributed by atoms with Crippen LogP contribution in [0.25, 0.3) is 0 Å². The molecule has 0 unspecified atom stereocenters. The fourth-order valence-electron chi connectivity index (χ4n) is 2.97. The van der Waals surface area contributed by atoms with Crippen molar-refractivity contribution < 1.29 is 14.3 Å². The third-order valence-corrected chi connectivity index (χ3v) is 4.43. The van der Waals surface area contributed by atoms with E-state index in [0.29, 0.717) is 17.0 Å². The lowest BCUT2D eigenvalue weighted by atomic mass is 9.89. The van der Waals surface area contributed by atoms with Crippen LogP contribution in [0.5, 0.6) is 11.5 Å². The normalized spacial score (nSPS) is 18.2. The molecule has 0 radical (unpaired) electrons. The monoisotopic (exact) mass is 345 g/mol. The standard InChI is InChI=1S/C19H20ClNO3/c1-19(2)11-16(14-10-12(23-3)8-9-17(14)24-19)21-18(22)13-6-4-5-7-15(13)20/h4-10,16H,11H2,1-3H3,(H,21,22)/t16-/m0/s1. The summed E-state index contributed by atoms with van der Waals surface area (Å²) in [4.78, 5) is 12.6. The van der Waals surface area contributed by atoms with Gasteiger partial charge in [0.25, 0.3) is 5.91 Å². The minimum atomic E-state index is -0.375. The molecule has 1 amide bonds. The summed E-state index contributed by atoms with van der Waals surface area (Å²) < 4.78 is 11.3. The summed E-state index contributed by atoms with van der Waals surface area (Å²) in [5.74, 6) is 1.29. The molecule has 2 aromatic rings. The summed E-state index contributed by atoms with van der Waals surface area (Å²) in [5, 5.41) is 3.52. The Labute approximate surface area is 146 Å². The molecule has 1 atom stereocenters. The Balaban J connectivity index is 1.93. The van der Waals surface area contributed by atoms with Crippen LogP contribution in [0.2, 0.25) is 5.02 Å². The average molecular weight is 346 g/mol. The Bertz CT molecular complexity index is 773. The lowest BCUT2D eigenvalue weighted by molar-refractivity contribution is 0.0618. The highest BCUT2D eigenvalue weighted by molar-refractivity contribution is 6.33. The maximum Gasteiger partial charge on any atom is 0.253 e. The van der Waals surface area contributed by atoms with E-state index in [9.17, 15) is 4.79 Å². The van der Waals surface area contributed by atoms with Crippen LogP contribution in [0.4, 0.5) is 0 Å². The molecule has 24 heavy (non-hydrogen) atoms. The molecular formula is C19H20ClNO3. The molecule has 0 aliphatic carbocycles. The number of halogens is 1. The Morgan fingerprint density at radius 2 is 2.04 bits per heavy atom. The molecule has 0 fully saturated rings. The molecule has 1 heterocycles. The van der Waals surface area contributed by atoms with Gasteiger partial charge in [0.05, 0.1) is 23.7 Å². The van der Waals surface area contributed by atoms with Gasteiger partial charge in [-0.25, -0.2) is 0 Å². The van der Waals surface area contributed by atoms with Crippen LogP contribution in [0.1, 0.15) is 42.2 Å². The van der Waals surface area contributed by atoms with Crippen LogP contribution < -0.4 is 14.8 Å². The zero-order valence-corrected chi connectivity index (χ0v) is 14.7. The number of fused-ring (bicyclic) bond motifs is 1. The number of hydrogen-bond donors (Lipinski definition) is 1. The summed E-state index contributed by atoms with van der Waals surface area (Å²) in [6.07, 6.45) is 0.656. The van der Waals surface area contributed by atoms with E-state index in [1.807, 2.05) is 32.0 Å². The van der Waals surface area contributed by atoms with E-state index >= 15 is 0 Å². The van der Waals surface area contributed by atoms with Crippen molar-refractivity contribution in [1.82, 2.24) is 5.32 Å². The van der Waals surface area contributed by atoms with Gasteiger partial charge in [0.15, 0.2) is 0 Å². The number of benzene rings is 2. The van der Waals surface area contributed by atoms with Crippen LogP contribution in [0.15, 0.2) is 42.5 Å². The van der Waals surface area contributed by atoms with Gasteiger partial charge in [0.1, 0.15) is 17.1 Å². The fraction of sp³-hybridized carbons (Fsp3) is 0.316. The maximum atomic E-state index is 12.6.